The first-order valence-electron chi connectivity index (χ1n) is 6.62. The van der Waals surface area contributed by atoms with Gasteiger partial charge in [0.25, 0.3) is 0 Å². The third kappa shape index (κ3) is 2.02. The molecule has 0 saturated heterocycles. The Kier molecular flexibility index (Phi) is 3.04. The minimum absolute atomic E-state index is 0.0720. The van der Waals surface area contributed by atoms with Crippen LogP contribution in [0.25, 0.3) is 11.0 Å². The van der Waals surface area contributed by atoms with Gasteiger partial charge < -0.3 is 10.3 Å². The summed E-state index contributed by atoms with van der Waals surface area (Å²) in [7, 11) is 0. The molecule has 2 N–H and O–H groups in total. The number of hydrogen-bond donors (Lipinski definition) is 1. The van der Waals surface area contributed by atoms with Crippen LogP contribution in [0.4, 0.5) is 0 Å². The van der Waals surface area contributed by atoms with Gasteiger partial charge in [-0.25, -0.2) is 4.98 Å². The van der Waals surface area contributed by atoms with E-state index in [9.17, 15) is 0 Å². The summed E-state index contributed by atoms with van der Waals surface area (Å²) < 4.78 is 2.26. The molecule has 1 fully saturated rings. The van der Waals surface area contributed by atoms with Gasteiger partial charge in [0.05, 0.1) is 17.1 Å². The van der Waals surface area contributed by atoms with E-state index in [4.69, 9.17) is 22.3 Å². The summed E-state index contributed by atoms with van der Waals surface area (Å²) in [6, 6.07) is 5.96. The fourth-order valence-corrected chi connectivity index (χ4v) is 2.67. The summed E-state index contributed by atoms with van der Waals surface area (Å²) in [5, 5.41) is 0.732. The lowest BCUT2D eigenvalue weighted by Gasteiger charge is -2.13. The van der Waals surface area contributed by atoms with Gasteiger partial charge in [0, 0.05) is 11.6 Å². The molecule has 1 aromatic heterocycles. The first-order valence-corrected chi connectivity index (χ1v) is 6.99. The standard InChI is InChI=1S/C14H18ClN3/c1-2-7-18-12-6-5-10(15)8-11(12)17-14(18)13(16)9-3-4-9/h5-6,8-9,13H,2-4,7,16H2,1H3. The number of benzene rings is 1. The van der Waals surface area contributed by atoms with Crippen LogP contribution in [0.15, 0.2) is 18.2 Å². The number of fused-ring (bicyclic) bond motifs is 1. The van der Waals surface area contributed by atoms with Crippen LogP contribution >= 0.6 is 11.6 Å². The van der Waals surface area contributed by atoms with Crippen molar-refractivity contribution in [2.75, 3.05) is 0 Å². The van der Waals surface area contributed by atoms with Crippen LogP contribution in [0.5, 0.6) is 0 Å². The molecule has 96 valence electrons. The smallest absolute Gasteiger partial charge is 0.127 e. The van der Waals surface area contributed by atoms with Crippen LogP contribution in [0.2, 0.25) is 5.02 Å². The zero-order valence-corrected chi connectivity index (χ0v) is 11.3. The number of nitrogens with zero attached hydrogens (tertiary/aromatic N) is 2. The minimum Gasteiger partial charge on any atom is -0.327 e. The van der Waals surface area contributed by atoms with E-state index in [1.807, 2.05) is 18.2 Å². The van der Waals surface area contributed by atoms with Gasteiger partial charge >= 0.3 is 0 Å². The van der Waals surface area contributed by atoms with Gasteiger partial charge in [-0.2, -0.15) is 0 Å². The summed E-state index contributed by atoms with van der Waals surface area (Å²) >= 11 is 6.03. The van der Waals surface area contributed by atoms with Gasteiger partial charge in [-0.15, -0.1) is 0 Å². The van der Waals surface area contributed by atoms with Crippen LogP contribution in [-0.4, -0.2) is 9.55 Å². The number of halogens is 1. The van der Waals surface area contributed by atoms with Crippen molar-refractivity contribution in [3.05, 3.63) is 29.0 Å². The first kappa shape index (κ1) is 12.0. The van der Waals surface area contributed by atoms with Crippen molar-refractivity contribution in [2.45, 2.75) is 38.8 Å². The fourth-order valence-electron chi connectivity index (χ4n) is 2.50. The van der Waals surface area contributed by atoms with Crippen molar-refractivity contribution < 1.29 is 0 Å². The number of rotatable bonds is 4. The predicted octanol–water partition coefficient (Wildman–Crippen LogP) is 3.51. The summed E-state index contributed by atoms with van der Waals surface area (Å²) in [5.41, 5.74) is 8.42. The number of hydrogen-bond acceptors (Lipinski definition) is 2. The van der Waals surface area contributed by atoms with Crippen molar-refractivity contribution in [3.63, 3.8) is 0 Å². The molecular formula is C14H18ClN3. The third-order valence-corrected chi connectivity index (χ3v) is 3.85. The Morgan fingerprint density at radius 2 is 2.28 bits per heavy atom. The van der Waals surface area contributed by atoms with E-state index in [1.165, 1.54) is 12.8 Å². The van der Waals surface area contributed by atoms with Crippen molar-refractivity contribution in [3.8, 4) is 0 Å². The molecule has 4 heteroatoms. The molecule has 0 aliphatic heterocycles. The van der Waals surface area contributed by atoms with Crippen LogP contribution < -0.4 is 5.73 Å². The SMILES string of the molecule is CCCn1c(C(N)C2CC2)nc2cc(Cl)ccc21. The van der Waals surface area contributed by atoms with E-state index in [2.05, 4.69) is 11.5 Å². The van der Waals surface area contributed by atoms with Crippen LogP contribution in [0.1, 0.15) is 38.1 Å². The fraction of sp³-hybridized carbons (Fsp3) is 0.500. The second kappa shape index (κ2) is 4.56. The van der Waals surface area contributed by atoms with Crippen LogP contribution in [-0.2, 0) is 6.54 Å². The Labute approximate surface area is 112 Å². The Hall–Kier alpha value is -1.06. The van der Waals surface area contributed by atoms with Crippen molar-refractivity contribution in [2.24, 2.45) is 11.7 Å². The second-order valence-corrected chi connectivity index (χ2v) is 5.55. The molecule has 1 heterocycles. The summed E-state index contributed by atoms with van der Waals surface area (Å²) in [4.78, 5) is 4.71. The van der Waals surface area contributed by atoms with Crippen LogP contribution in [0, 0.1) is 5.92 Å². The van der Waals surface area contributed by atoms with E-state index in [-0.39, 0.29) is 6.04 Å². The zero-order valence-electron chi connectivity index (χ0n) is 10.6. The van der Waals surface area contributed by atoms with E-state index < -0.39 is 0 Å². The second-order valence-electron chi connectivity index (χ2n) is 5.12. The Balaban J connectivity index is 2.12. The zero-order chi connectivity index (χ0) is 12.7. The largest absolute Gasteiger partial charge is 0.327 e. The lowest BCUT2D eigenvalue weighted by atomic mass is 10.2. The van der Waals surface area contributed by atoms with Crippen LogP contribution in [0.3, 0.4) is 0 Å². The van der Waals surface area contributed by atoms with Gasteiger partial charge in [-0.3, -0.25) is 0 Å². The van der Waals surface area contributed by atoms with Crippen molar-refractivity contribution in [1.82, 2.24) is 9.55 Å². The highest BCUT2D eigenvalue weighted by molar-refractivity contribution is 6.31. The summed E-state index contributed by atoms with van der Waals surface area (Å²) in [6.45, 7) is 3.14. The van der Waals surface area contributed by atoms with Gasteiger partial charge in [-0.1, -0.05) is 18.5 Å². The normalized spacial score (nSPS) is 17.3. The molecule has 1 aliphatic carbocycles. The Morgan fingerprint density at radius 3 is 2.94 bits per heavy atom. The number of imidazole rings is 1. The maximum absolute atomic E-state index is 6.32. The summed E-state index contributed by atoms with van der Waals surface area (Å²) in [5.74, 6) is 1.64. The maximum Gasteiger partial charge on any atom is 0.127 e. The molecule has 0 spiro atoms. The molecule has 2 aromatic rings. The maximum atomic E-state index is 6.32. The lowest BCUT2D eigenvalue weighted by molar-refractivity contribution is 0.543. The molecular weight excluding hydrogens is 246 g/mol. The lowest BCUT2D eigenvalue weighted by Crippen LogP contribution is -2.18. The van der Waals surface area contributed by atoms with Crippen molar-refractivity contribution in [1.29, 1.82) is 0 Å². The topological polar surface area (TPSA) is 43.8 Å². The third-order valence-electron chi connectivity index (χ3n) is 3.62. The van der Waals surface area contributed by atoms with E-state index in [0.717, 1.165) is 34.8 Å². The minimum atomic E-state index is 0.0720. The first-order chi connectivity index (χ1) is 8.70. The monoisotopic (exact) mass is 263 g/mol. The molecule has 1 saturated carbocycles. The van der Waals surface area contributed by atoms with E-state index in [1.54, 1.807) is 0 Å². The highest BCUT2D eigenvalue weighted by atomic mass is 35.5. The number of nitrogens with two attached hydrogens (primary N) is 1. The Bertz CT molecular complexity index is 572. The molecule has 0 bridgehead atoms. The molecule has 0 amide bonds. The average molecular weight is 264 g/mol. The van der Waals surface area contributed by atoms with E-state index in [0.29, 0.717) is 5.92 Å². The molecule has 1 atom stereocenters. The molecule has 1 aliphatic rings. The van der Waals surface area contributed by atoms with Crippen molar-refractivity contribution >= 4 is 22.6 Å². The highest BCUT2D eigenvalue weighted by Crippen LogP contribution is 2.40. The van der Waals surface area contributed by atoms with Gasteiger partial charge in [0.15, 0.2) is 0 Å². The van der Waals surface area contributed by atoms with Gasteiger partial charge in [0.2, 0.25) is 0 Å². The van der Waals surface area contributed by atoms with Gasteiger partial charge in [-0.05, 0) is 43.4 Å². The predicted molar refractivity (Wildman–Crippen MR) is 74.7 cm³/mol. The van der Waals surface area contributed by atoms with Gasteiger partial charge in [0.1, 0.15) is 5.82 Å². The quantitative estimate of drug-likeness (QED) is 0.917. The molecule has 18 heavy (non-hydrogen) atoms. The number of aromatic nitrogens is 2. The Morgan fingerprint density at radius 1 is 1.50 bits per heavy atom. The molecule has 0 radical (unpaired) electrons. The van der Waals surface area contributed by atoms with E-state index >= 15 is 0 Å². The highest BCUT2D eigenvalue weighted by Gasteiger charge is 2.32. The molecule has 3 rings (SSSR count). The molecule has 3 nitrogen and oxygen atoms in total. The molecule has 1 aromatic carbocycles. The average Bonchev–Trinajstić information content (AvgIpc) is 3.13. The number of aryl methyl sites for hydroxylation is 1. The molecule has 1 unspecified atom stereocenters. The summed E-state index contributed by atoms with van der Waals surface area (Å²) in [6.07, 6.45) is 3.55.